The van der Waals surface area contributed by atoms with Gasteiger partial charge in [0.1, 0.15) is 0 Å². The van der Waals surface area contributed by atoms with Crippen molar-refractivity contribution in [3.63, 3.8) is 0 Å². The Labute approximate surface area is 153 Å². The van der Waals surface area contributed by atoms with Crippen molar-refractivity contribution in [1.82, 2.24) is 0 Å². The number of rotatable bonds is 12. The van der Waals surface area contributed by atoms with E-state index < -0.39 is 7.60 Å². The summed E-state index contributed by atoms with van der Waals surface area (Å²) in [6, 6.07) is 0. The third-order valence-corrected chi connectivity index (χ3v) is 3.90. The van der Waals surface area contributed by atoms with Gasteiger partial charge in [0.25, 0.3) is 0 Å². The Hall–Kier alpha value is 1.72. The topological polar surface area (TPSA) is 63.2 Å². The largest absolute Gasteiger partial charge is 2.00 e. The van der Waals surface area contributed by atoms with E-state index in [1.54, 1.807) is 0 Å². The summed E-state index contributed by atoms with van der Waals surface area (Å²) in [6.45, 7) is 2.22. The number of hydrogen-bond donors (Lipinski definition) is 0. The number of hydrogen-bond acceptors (Lipinski definition) is 3. The van der Waals surface area contributed by atoms with Crippen molar-refractivity contribution in [2.24, 2.45) is 0 Å². The summed E-state index contributed by atoms with van der Waals surface area (Å²) in [5.74, 6) is 0. The molecule has 5 heteroatoms. The van der Waals surface area contributed by atoms with Gasteiger partial charge >= 0.3 is 48.9 Å². The van der Waals surface area contributed by atoms with Gasteiger partial charge in [0.15, 0.2) is 0 Å². The molecule has 0 saturated carbocycles. The molecule has 0 radical (unpaired) electrons. The SMILES string of the molecule is CCCCCCCCCCCCCP(=O)([O-])[O-].[Ba+2]. The first-order chi connectivity index (χ1) is 8.06. The molecule has 3 nitrogen and oxygen atoms in total. The van der Waals surface area contributed by atoms with E-state index in [1.165, 1.54) is 51.4 Å². The molecule has 0 spiro atoms. The van der Waals surface area contributed by atoms with Gasteiger partial charge in [-0.2, -0.15) is 0 Å². The zero-order valence-electron chi connectivity index (χ0n) is 11.9. The first-order valence-corrected chi connectivity index (χ1v) is 8.80. The van der Waals surface area contributed by atoms with E-state index in [0.29, 0.717) is 6.42 Å². The van der Waals surface area contributed by atoms with Crippen LogP contribution in [0.2, 0.25) is 0 Å². The summed E-state index contributed by atoms with van der Waals surface area (Å²) < 4.78 is 10.4. The van der Waals surface area contributed by atoms with Crippen molar-refractivity contribution < 1.29 is 14.4 Å². The second-order valence-electron chi connectivity index (χ2n) is 4.87. The van der Waals surface area contributed by atoms with E-state index in [4.69, 9.17) is 0 Å². The van der Waals surface area contributed by atoms with Crippen LogP contribution in [0, 0.1) is 0 Å². The van der Waals surface area contributed by atoms with Crippen molar-refractivity contribution in [2.45, 2.75) is 77.6 Å². The van der Waals surface area contributed by atoms with Gasteiger partial charge in [0, 0.05) is 0 Å². The molecule has 0 N–H and O–H groups in total. The van der Waals surface area contributed by atoms with Crippen LogP contribution in [-0.4, -0.2) is 55.0 Å². The minimum Gasteiger partial charge on any atom is -0.811 e. The van der Waals surface area contributed by atoms with Gasteiger partial charge in [0.2, 0.25) is 0 Å². The fourth-order valence-corrected chi connectivity index (χ4v) is 2.58. The van der Waals surface area contributed by atoms with E-state index in [9.17, 15) is 14.4 Å². The summed E-state index contributed by atoms with van der Waals surface area (Å²) >= 11 is 0. The summed E-state index contributed by atoms with van der Waals surface area (Å²) in [6.07, 6.45) is 12.7. The van der Waals surface area contributed by atoms with Crippen LogP contribution < -0.4 is 9.79 Å². The van der Waals surface area contributed by atoms with E-state index in [-0.39, 0.29) is 55.0 Å². The molecule has 0 aliphatic rings. The smallest absolute Gasteiger partial charge is 0.811 e. The van der Waals surface area contributed by atoms with Crippen LogP contribution in [0.1, 0.15) is 77.6 Å². The average molecular weight is 400 g/mol. The Balaban J connectivity index is 0. The van der Waals surface area contributed by atoms with Crippen molar-refractivity contribution in [3.05, 3.63) is 0 Å². The van der Waals surface area contributed by atoms with Gasteiger partial charge in [0.05, 0.1) is 0 Å². The summed E-state index contributed by atoms with van der Waals surface area (Å²) in [5.41, 5.74) is 0. The molecule has 18 heavy (non-hydrogen) atoms. The summed E-state index contributed by atoms with van der Waals surface area (Å²) in [4.78, 5) is 20.7. The second-order valence-corrected chi connectivity index (χ2v) is 6.54. The van der Waals surface area contributed by atoms with Crippen molar-refractivity contribution in [2.75, 3.05) is 6.16 Å². The summed E-state index contributed by atoms with van der Waals surface area (Å²) in [7, 11) is -4.24. The van der Waals surface area contributed by atoms with Gasteiger partial charge in [-0.3, -0.25) is 0 Å². The fourth-order valence-electron chi connectivity index (χ4n) is 1.97. The first-order valence-electron chi connectivity index (χ1n) is 7.07. The monoisotopic (exact) mass is 400 g/mol. The van der Waals surface area contributed by atoms with Gasteiger partial charge in [-0.1, -0.05) is 78.7 Å². The average Bonchev–Trinajstić information content (AvgIpc) is 2.24. The van der Waals surface area contributed by atoms with Crippen LogP contribution in [0.15, 0.2) is 0 Å². The second kappa shape index (κ2) is 15.1. The minimum atomic E-state index is -4.24. The van der Waals surface area contributed by atoms with Crippen LogP contribution >= 0.6 is 7.60 Å². The molecular weight excluding hydrogens is 372 g/mol. The molecule has 0 aliphatic heterocycles. The van der Waals surface area contributed by atoms with Crippen molar-refractivity contribution in [3.8, 4) is 0 Å². The van der Waals surface area contributed by atoms with Crippen LogP contribution in [0.3, 0.4) is 0 Å². The fraction of sp³-hybridized carbons (Fsp3) is 1.00. The Bertz CT molecular complexity index is 206. The molecule has 0 fully saturated rings. The van der Waals surface area contributed by atoms with E-state index in [0.717, 1.165) is 12.8 Å². The van der Waals surface area contributed by atoms with Crippen molar-refractivity contribution >= 4 is 56.5 Å². The molecule has 0 unspecified atom stereocenters. The maximum Gasteiger partial charge on any atom is 2.00 e. The number of unbranched alkanes of at least 4 members (excludes halogenated alkanes) is 10. The molecule has 104 valence electrons. The standard InChI is InChI=1S/C13H29O3P.Ba/c1-2-3-4-5-6-7-8-9-10-11-12-13-17(14,15)16;/h2-13H2,1H3,(H2,14,15,16);/q;+2/p-2. The zero-order chi connectivity index (χ0) is 13.0. The van der Waals surface area contributed by atoms with Gasteiger partial charge < -0.3 is 14.4 Å². The Morgan fingerprint density at radius 1 is 0.722 bits per heavy atom. The molecule has 0 saturated heterocycles. The van der Waals surface area contributed by atoms with Gasteiger partial charge in [-0.15, -0.1) is 0 Å². The molecule has 0 atom stereocenters. The van der Waals surface area contributed by atoms with E-state index in [1.807, 2.05) is 0 Å². The van der Waals surface area contributed by atoms with E-state index >= 15 is 0 Å². The summed E-state index contributed by atoms with van der Waals surface area (Å²) in [5, 5.41) is 0. The minimum absolute atomic E-state index is 0. The molecule has 0 aliphatic carbocycles. The predicted molar refractivity (Wildman–Crippen MR) is 74.7 cm³/mol. The van der Waals surface area contributed by atoms with E-state index in [2.05, 4.69) is 6.92 Å². The maximum absolute atomic E-state index is 10.4. The third-order valence-electron chi connectivity index (χ3n) is 3.04. The third kappa shape index (κ3) is 20.0. The van der Waals surface area contributed by atoms with Gasteiger partial charge in [-0.05, 0) is 12.6 Å². The Morgan fingerprint density at radius 3 is 1.39 bits per heavy atom. The van der Waals surface area contributed by atoms with Crippen LogP contribution in [0.4, 0.5) is 0 Å². The molecule has 0 amide bonds. The first kappa shape index (κ1) is 22.0. The maximum atomic E-state index is 10.4. The molecule has 0 aromatic heterocycles. The van der Waals surface area contributed by atoms with Crippen molar-refractivity contribution in [1.29, 1.82) is 0 Å². The zero-order valence-corrected chi connectivity index (χ0v) is 17.2. The molecule has 0 bridgehead atoms. The Kier molecular flexibility index (Phi) is 18.5. The predicted octanol–water partition coefficient (Wildman–Crippen LogP) is 2.83. The van der Waals surface area contributed by atoms with Crippen LogP contribution in [-0.2, 0) is 4.57 Å². The molecule has 0 aromatic rings. The normalized spacial score (nSPS) is 11.3. The molecule has 0 rings (SSSR count). The molecular formula is C13H27BaO3P. The quantitative estimate of drug-likeness (QED) is 0.288. The molecule has 0 aromatic carbocycles. The van der Waals surface area contributed by atoms with Crippen LogP contribution in [0.5, 0.6) is 0 Å². The van der Waals surface area contributed by atoms with Gasteiger partial charge in [-0.25, -0.2) is 0 Å². The molecule has 0 heterocycles. The Morgan fingerprint density at radius 2 is 1.06 bits per heavy atom. The van der Waals surface area contributed by atoms with Crippen LogP contribution in [0.25, 0.3) is 0 Å².